The van der Waals surface area contributed by atoms with Gasteiger partial charge in [0.05, 0.1) is 11.7 Å². The molecule has 0 bridgehead atoms. The van der Waals surface area contributed by atoms with Crippen LogP contribution < -0.4 is 26.6 Å². The Morgan fingerprint density at radius 2 is 1.80 bits per heavy atom. The molecule has 0 aliphatic rings. The SMILES string of the molecule is CCCNc1nc(Nc2ccc3nnccc3c2)ncc1C(=O)Nc1cccc(NC(=O)C(C)OC(=O)NC)c1. The molecule has 2 aromatic heterocycles. The van der Waals surface area contributed by atoms with Gasteiger partial charge in [0, 0.05) is 42.2 Å². The third kappa shape index (κ3) is 7.16. The highest BCUT2D eigenvalue weighted by Gasteiger charge is 2.18. The molecule has 0 radical (unpaired) electrons. The van der Waals surface area contributed by atoms with Gasteiger partial charge >= 0.3 is 6.09 Å². The minimum Gasteiger partial charge on any atom is -0.436 e. The third-order valence-electron chi connectivity index (χ3n) is 5.59. The Morgan fingerprint density at radius 1 is 1.00 bits per heavy atom. The van der Waals surface area contributed by atoms with E-state index in [0.717, 1.165) is 23.0 Å². The molecule has 0 aliphatic heterocycles. The fourth-order valence-corrected chi connectivity index (χ4v) is 3.57. The molecule has 0 saturated heterocycles. The topological polar surface area (TPSA) is 172 Å². The molecule has 0 fully saturated rings. The standard InChI is InChI=1S/C27H29N9O4/c1-4-11-29-23-21(15-30-26(35-23)34-20-8-9-22-17(13-20)10-12-31-36-22)25(38)33-19-7-5-6-18(14-19)32-24(37)16(2)40-27(39)28-3/h5-10,12-16H,4,11H2,1-3H3,(H,28,39)(H,32,37)(H,33,38)(H2,29,30,34,35). The van der Waals surface area contributed by atoms with Crippen LogP contribution in [0.4, 0.5) is 33.6 Å². The summed E-state index contributed by atoms with van der Waals surface area (Å²) in [6.07, 6.45) is 2.15. The van der Waals surface area contributed by atoms with E-state index in [-0.39, 0.29) is 5.56 Å². The number of anilines is 5. The summed E-state index contributed by atoms with van der Waals surface area (Å²) in [5.74, 6) is -0.273. The number of nitrogens with one attached hydrogen (secondary N) is 5. The normalized spacial score (nSPS) is 11.3. The molecule has 0 saturated carbocycles. The summed E-state index contributed by atoms with van der Waals surface area (Å²) in [6.45, 7) is 4.06. The number of aromatic nitrogens is 4. The van der Waals surface area contributed by atoms with Crippen LogP contribution in [0.1, 0.15) is 30.6 Å². The number of hydrogen-bond acceptors (Lipinski definition) is 10. The third-order valence-corrected chi connectivity index (χ3v) is 5.59. The van der Waals surface area contributed by atoms with Crippen LogP contribution in [0.3, 0.4) is 0 Å². The highest BCUT2D eigenvalue weighted by atomic mass is 16.6. The van der Waals surface area contributed by atoms with E-state index in [4.69, 9.17) is 4.74 Å². The quantitative estimate of drug-likeness (QED) is 0.197. The number of hydrogen-bond donors (Lipinski definition) is 5. The second-order valence-electron chi connectivity index (χ2n) is 8.63. The van der Waals surface area contributed by atoms with Gasteiger partial charge in [0.1, 0.15) is 11.4 Å². The molecule has 5 N–H and O–H groups in total. The van der Waals surface area contributed by atoms with Crippen molar-refractivity contribution < 1.29 is 19.1 Å². The number of fused-ring (bicyclic) bond motifs is 1. The Morgan fingerprint density at radius 3 is 2.58 bits per heavy atom. The van der Waals surface area contributed by atoms with Crippen LogP contribution in [0.15, 0.2) is 60.9 Å². The Kier molecular flexibility index (Phi) is 8.97. The first-order valence-corrected chi connectivity index (χ1v) is 12.6. The van der Waals surface area contributed by atoms with Gasteiger partial charge in [-0.05, 0) is 55.8 Å². The molecule has 0 aliphatic carbocycles. The van der Waals surface area contributed by atoms with Crippen molar-refractivity contribution in [3.8, 4) is 0 Å². The van der Waals surface area contributed by atoms with Crippen molar-refractivity contribution >= 4 is 57.6 Å². The van der Waals surface area contributed by atoms with Crippen LogP contribution in [0.25, 0.3) is 10.9 Å². The van der Waals surface area contributed by atoms with Gasteiger partial charge in [-0.25, -0.2) is 9.78 Å². The van der Waals surface area contributed by atoms with Crippen molar-refractivity contribution in [2.24, 2.45) is 0 Å². The number of ether oxygens (including phenoxy) is 1. The van der Waals surface area contributed by atoms with Crippen molar-refractivity contribution in [1.29, 1.82) is 0 Å². The molecular weight excluding hydrogens is 514 g/mol. The summed E-state index contributed by atoms with van der Waals surface area (Å²) < 4.78 is 4.93. The molecule has 1 unspecified atom stereocenters. The van der Waals surface area contributed by atoms with Gasteiger partial charge < -0.3 is 31.3 Å². The smallest absolute Gasteiger partial charge is 0.407 e. The molecular formula is C27H29N9O4. The second kappa shape index (κ2) is 13.0. The highest BCUT2D eigenvalue weighted by molar-refractivity contribution is 6.07. The van der Waals surface area contributed by atoms with Crippen LogP contribution in [0.5, 0.6) is 0 Å². The molecule has 2 heterocycles. The summed E-state index contributed by atoms with van der Waals surface area (Å²) >= 11 is 0. The zero-order valence-corrected chi connectivity index (χ0v) is 22.2. The Labute approximate surface area is 230 Å². The summed E-state index contributed by atoms with van der Waals surface area (Å²) in [4.78, 5) is 45.8. The minimum absolute atomic E-state index is 0.245. The Hall–Kier alpha value is -5.33. The number of carbonyl (C=O) groups excluding carboxylic acids is 3. The summed E-state index contributed by atoms with van der Waals surface area (Å²) in [7, 11) is 1.40. The van der Waals surface area contributed by atoms with Gasteiger partial charge in [0.15, 0.2) is 6.10 Å². The van der Waals surface area contributed by atoms with E-state index < -0.39 is 24.0 Å². The van der Waals surface area contributed by atoms with E-state index in [0.29, 0.717) is 29.7 Å². The average Bonchev–Trinajstić information content (AvgIpc) is 2.96. The first kappa shape index (κ1) is 27.7. The van der Waals surface area contributed by atoms with Crippen molar-refractivity contribution in [2.75, 3.05) is 34.9 Å². The molecule has 4 aromatic rings. The molecule has 0 spiro atoms. The number of nitrogens with zero attached hydrogens (tertiary/aromatic N) is 4. The monoisotopic (exact) mass is 543 g/mol. The maximum absolute atomic E-state index is 13.2. The van der Waals surface area contributed by atoms with Gasteiger partial charge in [-0.15, -0.1) is 0 Å². The lowest BCUT2D eigenvalue weighted by Crippen LogP contribution is -2.33. The van der Waals surface area contributed by atoms with Crippen molar-refractivity contribution in [2.45, 2.75) is 26.4 Å². The van der Waals surface area contributed by atoms with Crippen LogP contribution in [-0.2, 0) is 9.53 Å². The minimum atomic E-state index is -1.02. The maximum Gasteiger partial charge on any atom is 0.407 e. The Balaban J connectivity index is 1.48. The predicted molar refractivity (Wildman–Crippen MR) is 152 cm³/mol. The maximum atomic E-state index is 13.2. The average molecular weight is 544 g/mol. The summed E-state index contributed by atoms with van der Waals surface area (Å²) in [6, 6.07) is 14.0. The molecule has 40 heavy (non-hydrogen) atoms. The van der Waals surface area contributed by atoms with Gasteiger partial charge in [-0.3, -0.25) is 9.59 Å². The number of benzene rings is 2. The Bertz CT molecular complexity index is 1530. The number of rotatable bonds is 10. The van der Waals surface area contributed by atoms with Crippen molar-refractivity contribution in [3.05, 3.63) is 66.5 Å². The van der Waals surface area contributed by atoms with E-state index in [2.05, 4.69) is 46.7 Å². The largest absolute Gasteiger partial charge is 0.436 e. The van der Waals surface area contributed by atoms with Crippen LogP contribution in [0.2, 0.25) is 0 Å². The first-order valence-electron chi connectivity index (χ1n) is 12.6. The van der Waals surface area contributed by atoms with Gasteiger partial charge in [-0.2, -0.15) is 15.2 Å². The molecule has 13 heteroatoms. The molecule has 13 nitrogen and oxygen atoms in total. The van der Waals surface area contributed by atoms with E-state index in [1.807, 2.05) is 31.2 Å². The molecule has 2 aromatic carbocycles. The fourth-order valence-electron chi connectivity index (χ4n) is 3.57. The number of alkyl carbamates (subject to hydrolysis) is 1. The van der Waals surface area contributed by atoms with Gasteiger partial charge in [0.2, 0.25) is 5.95 Å². The van der Waals surface area contributed by atoms with Gasteiger partial charge in [-0.1, -0.05) is 13.0 Å². The van der Waals surface area contributed by atoms with Crippen LogP contribution in [-0.4, -0.2) is 57.8 Å². The predicted octanol–water partition coefficient (Wildman–Crippen LogP) is 3.92. The molecule has 206 valence electrons. The van der Waals surface area contributed by atoms with E-state index in [9.17, 15) is 14.4 Å². The number of carbonyl (C=O) groups is 3. The lowest BCUT2D eigenvalue weighted by Gasteiger charge is -2.15. The highest BCUT2D eigenvalue weighted by Crippen LogP contribution is 2.23. The van der Waals surface area contributed by atoms with Crippen molar-refractivity contribution in [1.82, 2.24) is 25.5 Å². The fraction of sp³-hybridized carbons (Fsp3) is 0.222. The molecule has 4 rings (SSSR count). The second-order valence-corrected chi connectivity index (χ2v) is 8.63. The van der Waals surface area contributed by atoms with Crippen LogP contribution in [0, 0.1) is 0 Å². The lowest BCUT2D eigenvalue weighted by atomic mass is 10.2. The molecule has 1 atom stereocenters. The van der Waals surface area contributed by atoms with Crippen LogP contribution >= 0.6 is 0 Å². The van der Waals surface area contributed by atoms with Gasteiger partial charge in [0.25, 0.3) is 11.8 Å². The first-order chi connectivity index (χ1) is 19.4. The zero-order chi connectivity index (χ0) is 28.5. The van der Waals surface area contributed by atoms with E-state index in [1.165, 1.54) is 20.2 Å². The molecule has 3 amide bonds. The number of amides is 3. The van der Waals surface area contributed by atoms with E-state index >= 15 is 0 Å². The summed E-state index contributed by atoms with van der Waals surface area (Å²) in [5, 5.41) is 23.0. The van der Waals surface area contributed by atoms with Crippen molar-refractivity contribution in [3.63, 3.8) is 0 Å². The summed E-state index contributed by atoms with van der Waals surface area (Å²) in [5.41, 5.74) is 2.62. The van der Waals surface area contributed by atoms with E-state index in [1.54, 1.807) is 30.5 Å². The lowest BCUT2D eigenvalue weighted by molar-refractivity contribution is -0.123. The zero-order valence-electron chi connectivity index (χ0n) is 22.2.